The van der Waals surface area contributed by atoms with E-state index < -0.39 is 0 Å². The van der Waals surface area contributed by atoms with Gasteiger partial charge in [0.05, 0.1) is 25.1 Å². The van der Waals surface area contributed by atoms with Gasteiger partial charge < -0.3 is 15.0 Å². The number of hydrogen-bond donors (Lipinski definition) is 1. The summed E-state index contributed by atoms with van der Waals surface area (Å²) in [6.45, 7) is 2.28. The van der Waals surface area contributed by atoms with Crippen molar-refractivity contribution in [1.29, 1.82) is 0 Å². The number of morpholine rings is 1. The summed E-state index contributed by atoms with van der Waals surface area (Å²) in [6.07, 6.45) is 6.78. The Balaban J connectivity index is 1.44. The average molecular weight is 341 g/mol. The number of carbonyl (C=O) groups excluding carboxylic acids is 2. The third-order valence-corrected chi connectivity index (χ3v) is 4.33. The van der Waals surface area contributed by atoms with Crippen molar-refractivity contribution in [2.75, 3.05) is 31.6 Å². The fourth-order valence-corrected chi connectivity index (χ4v) is 2.69. The van der Waals surface area contributed by atoms with Crippen LogP contribution in [0.1, 0.15) is 23.3 Å². The van der Waals surface area contributed by atoms with Crippen molar-refractivity contribution in [1.82, 2.24) is 19.4 Å². The highest BCUT2D eigenvalue weighted by Gasteiger charge is 2.29. The summed E-state index contributed by atoms with van der Waals surface area (Å²) in [7, 11) is 0. The third-order valence-electron chi connectivity index (χ3n) is 4.33. The molecule has 1 N–H and O–H groups in total. The number of pyridine rings is 1. The van der Waals surface area contributed by atoms with Crippen molar-refractivity contribution in [2.45, 2.75) is 12.8 Å². The van der Waals surface area contributed by atoms with Gasteiger partial charge in [0.1, 0.15) is 17.8 Å². The standard InChI is InChI=1S/C17H19N5O3/c23-16(12-1-2-12)20-13-3-4-15(18-9-13)22-10-14(19-11-22)17(24)21-5-7-25-8-6-21/h3-4,9-12H,1-2,5-8H2,(H,20,23). The maximum absolute atomic E-state index is 12.4. The molecule has 8 heteroatoms. The van der Waals surface area contributed by atoms with Gasteiger partial charge in [0.2, 0.25) is 5.91 Å². The molecule has 2 aromatic heterocycles. The fraction of sp³-hybridized carbons (Fsp3) is 0.412. The summed E-state index contributed by atoms with van der Waals surface area (Å²) in [5.41, 5.74) is 1.06. The summed E-state index contributed by atoms with van der Waals surface area (Å²) in [5.74, 6) is 0.742. The Bertz CT molecular complexity index is 776. The Hall–Kier alpha value is -2.74. The predicted molar refractivity (Wildman–Crippen MR) is 89.4 cm³/mol. The van der Waals surface area contributed by atoms with Crippen molar-refractivity contribution < 1.29 is 14.3 Å². The highest BCUT2D eigenvalue weighted by Crippen LogP contribution is 2.30. The summed E-state index contributed by atoms with van der Waals surface area (Å²) >= 11 is 0. The first-order valence-corrected chi connectivity index (χ1v) is 8.39. The summed E-state index contributed by atoms with van der Waals surface area (Å²) in [6, 6.07) is 3.58. The summed E-state index contributed by atoms with van der Waals surface area (Å²) < 4.78 is 6.95. The molecular weight excluding hydrogens is 322 g/mol. The van der Waals surface area contributed by atoms with Crippen LogP contribution >= 0.6 is 0 Å². The van der Waals surface area contributed by atoms with Gasteiger partial charge in [-0.25, -0.2) is 9.97 Å². The van der Waals surface area contributed by atoms with E-state index in [1.807, 2.05) is 0 Å². The second kappa shape index (κ2) is 6.64. The maximum Gasteiger partial charge on any atom is 0.274 e. The Morgan fingerprint density at radius 1 is 1.16 bits per heavy atom. The van der Waals surface area contributed by atoms with Gasteiger partial charge in [-0.2, -0.15) is 0 Å². The summed E-state index contributed by atoms with van der Waals surface area (Å²) in [4.78, 5) is 34.4. The van der Waals surface area contributed by atoms with Crippen LogP contribution in [0.5, 0.6) is 0 Å². The lowest BCUT2D eigenvalue weighted by molar-refractivity contribution is -0.117. The molecule has 2 amide bonds. The van der Waals surface area contributed by atoms with Crippen LogP contribution in [0.3, 0.4) is 0 Å². The number of carbonyl (C=O) groups is 2. The Labute approximate surface area is 144 Å². The number of imidazole rings is 1. The van der Waals surface area contributed by atoms with Crippen molar-refractivity contribution in [3.05, 3.63) is 36.5 Å². The van der Waals surface area contributed by atoms with Crippen LogP contribution in [0.15, 0.2) is 30.9 Å². The molecule has 25 heavy (non-hydrogen) atoms. The minimum Gasteiger partial charge on any atom is -0.378 e. The molecule has 130 valence electrons. The van der Waals surface area contributed by atoms with Gasteiger partial charge in [-0.05, 0) is 25.0 Å². The van der Waals surface area contributed by atoms with E-state index >= 15 is 0 Å². The normalized spacial score (nSPS) is 17.4. The van der Waals surface area contributed by atoms with Gasteiger partial charge in [-0.3, -0.25) is 14.2 Å². The van der Waals surface area contributed by atoms with Gasteiger partial charge in [-0.1, -0.05) is 0 Å². The van der Waals surface area contributed by atoms with Crippen LogP contribution < -0.4 is 5.32 Å². The molecule has 0 radical (unpaired) electrons. The van der Waals surface area contributed by atoms with E-state index in [4.69, 9.17) is 4.74 Å². The first-order valence-electron chi connectivity index (χ1n) is 8.39. The largest absolute Gasteiger partial charge is 0.378 e. The monoisotopic (exact) mass is 341 g/mol. The van der Waals surface area contributed by atoms with Crippen LogP contribution in [0.25, 0.3) is 5.82 Å². The lowest BCUT2D eigenvalue weighted by atomic mass is 10.3. The average Bonchev–Trinajstić information content (AvgIpc) is 3.40. The third kappa shape index (κ3) is 3.53. The quantitative estimate of drug-likeness (QED) is 0.899. The van der Waals surface area contributed by atoms with E-state index in [9.17, 15) is 9.59 Å². The van der Waals surface area contributed by atoms with E-state index in [1.54, 1.807) is 40.3 Å². The van der Waals surface area contributed by atoms with Gasteiger partial charge in [-0.15, -0.1) is 0 Å². The van der Waals surface area contributed by atoms with Crippen LogP contribution in [-0.2, 0) is 9.53 Å². The first kappa shape index (κ1) is 15.8. The molecule has 3 heterocycles. The highest BCUT2D eigenvalue weighted by atomic mass is 16.5. The number of rotatable bonds is 4. The molecule has 0 bridgehead atoms. The zero-order valence-electron chi connectivity index (χ0n) is 13.7. The number of aromatic nitrogens is 3. The van der Waals surface area contributed by atoms with Crippen molar-refractivity contribution >= 4 is 17.5 Å². The van der Waals surface area contributed by atoms with Gasteiger partial charge >= 0.3 is 0 Å². The molecule has 2 aliphatic rings. The molecule has 8 nitrogen and oxygen atoms in total. The molecule has 1 aliphatic carbocycles. The van der Waals surface area contributed by atoms with Crippen LogP contribution in [0, 0.1) is 5.92 Å². The highest BCUT2D eigenvalue weighted by molar-refractivity contribution is 5.94. The molecular formula is C17H19N5O3. The Morgan fingerprint density at radius 3 is 2.64 bits per heavy atom. The molecule has 2 aromatic rings. The van der Waals surface area contributed by atoms with Gasteiger partial charge in [0, 0.05) is 25.2 Å². The lowest BCUT2D eigenvalue weighted by Crippen LogP contribution is -2.40. The maximum atomic E-state index is 12.4. The molecule has 2 fully saturated rings. The van der Waals surface area contributed by atoms with E-state index in [1.165, 1.54) is 0 Å². The fourth-order valence-electron chi connectivity index (χ4n) is 2.69. The smallest absolute Gasteiger partial charge is 0.274 e. The van der Waals surface area contributed by atoms with E-state index in [2.05, 4.69) is 15.3 Å². The number of nitrogens with zero attached hydrogens (tertiary/aromatic N) is 4. The SMILES string of the molecule is O=C(Nc1ccc(-n2cnc(C(=O)N3CCOCC3)c2)nc1)C1CC1. The molecule has 1 aliphatic heterocycles. The van der Waals surface area contributed by atoms with Gasteiger partial charge in [0.15, 0.2) is 0 Å². The van der Waals surface area contributed by atoms with E-state index in [-0.39, 0.29) is 17.7 Å². The molecule has 0 atom stereocenters. The van der Waals surface area contributed by atoms with Crippen LogP contribution in [0.2, 0.25) is 0 Å². The number of amides is 2. The minimum atomic E-state index is -0.102. The minimum absolute atomic E-state index is 0.0515. The van der Waals surface area contributed by atoms with Gasteiger partial charge in [0.25, 0.3) is 5.91 Å². The molecule has 1 saturated carbocycles. The van der Waals surface area contributed by atoms with E-state index in [0.717, 1.165) is 12.8 Å². The first-order chi connectivity index (χ1) is 12.2. The number of ether oxygens (including phenoxy) is 1. The second-order valence-electron chi connectivity index (χ2n) is 6.24. The lowest BCUT2D eigenvalue weighted by Gasteiger charge is -2.25. The number of hydrogen-bond acceptors (Lipinski definition) is 5. The number of anilines is 1. The molecule has 0 aromatic carbocycles. The Morgan fingerprint density at radius 2 is 1.96 bits per heavy atom. The molecule has 0 spiro atoms. The molecule has 1 saturated heterocycles. The van der Waals surface area contributed by atoms with Crippen molar-refractivity contribution in [3.63, 3.8) is 0 Å². The summed E-state index contributed by atoms with van der Waals surface area (Å²) in [5, 5.41) is 2.85. The predicted octanol–water partition coefficient (Wildman–Crippen LogP) is 1.09. The second-order valence-corrected chi connectivity index (χ2v) is 6.24. The van der Waals surface area contributed by atoms with Crippen LogP contribution in [-0.4, -0.2) is 57.6 Å². The van der Waals surface area contributed by atoms with Crippen molar-refractivity contribution in [3.8, 4) is 5.82 Å². The van der Waals surface area contributed by atoms with Crippen LogP contribution in [0.4, 0.5) is 5.69 Å². The Kier molecular flexibility index (Phi) is 4.19. The van der Waals surface area contributed by atoms with E-state index in [0.29, 0.717) is 43.5 Å². The molecule has 0 unspecified atom stereocenters. The number of nitrogens with one attached hydrogen (secondary N) is 1. The zero-order valence-corrected chi connectivity index (χ0v) is 13.7. The molecule has 4 rings (SSSR count). The topological polar surface area (TPSA) is 89.4 Å². The zero-order chi connectivity index (χ0) is 17.2. The van der Waals surface area contributed by atoms with Crippen molar-refractivity contribution in [2.24, 2.45) is 5.92 Å².